The van der Waals surface area contributed by atoms with Crippen LogP contribution < -0.4 is 5.32 Å². The molecule has 1 heterocycles. The molecule has 6 nitrogen and oxygen atoms in total. The van der Waals surface area contributed by atoms with E-state index < -0.39 is 12.0 Å². The zero-order valence-corrected chi connectivity index (χ0v) is 15.6. The molecule has 0 aliphatic heterocycles. The highest BCUT2D eigenvalue weighted by Gasteiger charge is 2.27. The predicted molar refractivity (Wildman–Crippen MR) is 91.5 cm³/mol. The van der Waals surface area contributed by atoms with Crippen LogP contribution in [0.25, 0.3) is 0 Å². The van der Waals surface area contributed by atoms with Gasteiger partial charge in [0.2, 0.25) is 0 Å². The molecule has 0 bridgehead atoms. The van der Waals surface area contributed by atoms with Crippen LogP contribution in [0.3, 0.4) is 0 Å². The lowest BCUT2D eigenvalue weighted by molar-refractivity contribution is -0.144. The van der Waals surface area contributed by atoms with Gasteiger partial charge in [-0.2, -0.15) is 0 Å². The molecule has 0 aliphatic carbocycles. The molecule has 130 valence electrons. The van der Waals surface area contributed by atoms with Crippen LogP contribution in [0.5, 0.6) is 0 Å². The lowest BCUT2D eigenvalue weighted by atomic mass is 10.1. The SMILES string of the molecule is CCN(Cc1csc(C(C)C)n1)C(=O)N[C@H](C(=O)OC)C(C)C. The van der Waals surface area contributed by atoms with E-state index in [0.717, 1.165) is 10.7 Å². The van der Waals surface area contributed by atoms with Gasteiger partial charge in [-0.05, 0) is 12.8 Å². The van der Waals surface area contributed by atoms with Crippen molar-refractivity contribution in [3.63, 3.8) is 0 Å². The molecule has 0 aromatic carbocycles. The van der Waals surface area contributed by atoms with Crippen molar-refractivity contribution < 1.29 is 14.3 Å². The number of nitrogens with one attached hydrogen (secondary N) is 1. The van der Waals surface area contributed by atoms with E-state index in [4.69, 9.17) is 4.74 Å². The van der Waals surface area contributed by atoms with E-state index in [1.54, 1.807) is 16.2 Å². The smallest absolute Gasteiger partial charge is 0.328 e. The standard InChI is InChI=1S/C16H27N3O3S/c1-7-19(8-12-9-23-14(17-12)11(4)5)16(21)18-13(10(2)3)15(20)22-6/h9-11,13H,7-8H2,1-6H3,(H,18,21)/t13-/m0/s1. The quantitative estimate of drug-likeness (QED) is 0.774. The first kappa shape index (κ1) is 19.4. The van der Waals surface area contributed by atoms with E-state index in [1.165, 1.54) is 7.11 Å². The molecule has 1 N–H and O–H groups in total. The number of urea groups is 1. The van der Waals surface area contributed by atoms with E-state index >= 15 is 0 Å². The summed E-state index contributed by atoms with van der Waals surface area (Å²) < 4.78 is 4.75. The second kappa shape index (κ2) is 8.86. The Kier molecular flexibility index (Phi) is 7.48. The van der Waals surface area contributed by atoms with Crippen LogP contribution in [-0.4, -0.2) is 41.6 Å². The normalized spacial score (nSPS) is 12.3. The van der Waals surface area contributed by atoms with Crippen LogP contribution in [0, 0.1) is 5.92 Å². The number of aromatic nitrogens is 1. The Morgan fingerprint density at radius 3 is 2.43 bits per heavy atom. The minimum absolute atomic E-state index is 0.0445. The van der Waals surface area contributed by atoms with Gasteiger partial charge in [0, 0.05) is 17.8 Å². The molecule has 0 unspecified atom stereocenters. The second-order valence-electron chi connectivity index (χ2n) is 6.04. The number of ether oxygens (including phenoxy) is 1. The lowest BCUT2D eigenvalue weighted by Crippen LogP contribution is -2.50. The molecule has 0 radical (unpaired) electrons. The van der Waals surface area contributed by atoms with Crippen molar-refractivity contribution in [1.29, 1.82) is 0 Å². The molecule has 0 fully saturated rings. The number of amides is 2. The fourth-order valence-corrected chi connectivity index (χ4v) is 2.86. The summed E-state index contributed by atoms with van der Waals surface area (Å²) >= 11 is 1.61. The number of nitrogens with zero attached hydrogens (tertiary/aromatic N) is 2. The van der Waals surface area contributed by atoms with Gasteiger partial charge in [0.25, 0.3) is 0 Å². The molecule has 0 saturated carbocycles. The van der Waals surface area contributed by atoms with Gasteiger partial charge in [0.05, 0.1) is 24.4 Å². The van der Waals surface area contributed by atoms with Gasteiger partial charge in [-0.25, -0.2) is 14.6 Å². The third-order valence-electron chi connectivity index (χ3n) is 3.49. The van der Waals surface area contributed by atoms with Crippen LogP contribution in [0.4, 0.5) is 4.79 Å². The van der Waals surface area contributed by atoms with Crippen LogP contribution in [0.2, 0.25) is 0 Å². The monoisotopic (exact) mass is 341 g/mol. The first-order valence-electron chi connectivity index (χ1n) is 7.87. The van der Waals surface area contributed by atoms with E-state index in [2.05, 4.69) is 24.1 Å². The molecule has 23 heavy (non-hydrogen) atoms. The third-order valence-corrected chi connectivity index (χ3v) is 4.68. The molecule has 2 amide bonds. The number of hydrogen-bond acceptors (Lipinski definition) is 5. The van der Waals surface area contributed by atoms with Gasteiger partial charge in [-0.1, -0.05) is 27.7 Å². The summed E-state index contributed by atoms with van der Waals surface area (Å²) in [6, 6.07) is -0.932. The van der Waals surface area contributed by atoms with E-state index in [0.29, 0.717) is 19.0 Å². The molecular formula is C16H27N3O3S. The topological polar surface area (TPSA) is 71.5 Å². The largest absolute Gasteiger partial charge is 0.467 e. The maximum absolute atomic E-state index is 12.4. The Morgan fingerprint density at radius 2 is 2.00 bits per heavy atom. The Hall–Kier alpha value is -1.63. The number of thiazole rings is 1. The first-order valence-corrected chi connectivity index (χ1v) is 8.75. The van der Waals surface area contributed by atoms with Crippen molar-refractivity contribution >= 4 is 23.3 Å². The number of esters is 1. The Labute approximate surface area is 142 Å². The van der Waals surface area contributed by atoms with Crippen molar-refractivity contribution in [1.82, 2.24) is 15.2 Å². The average Bonchev–Trinajstić information content (AvgIpc) is 2.97. The van der Waals surface area contributed by atoms with Gasteiger partial charge >= 0.3 is 12.0 Å². The van der Waals surface area contributed by atoms with Crippen molar-refractivity contribution in [2.24, 2.45) is 5.92 Å². The van der Waals surface area contributed by atoms with Gasteiger partial charge in [0.15, 0.2) is 0 Å². The number of methoxy groups -OCH3 is 1. The highest BCUT2D eigenvalue weighted by Crippen LogP contribution is 2.20. The molecule has 1 rings (SSSR count). The maximum atomic E-state index is 12.4. The summed E-state index contributed by atoms with van der Waals surface area (Å²) in [4.78, 5) is 30.4. The molecule has 7 heteroatoms. The van der Waals surface area contributed by atoms with Crippen LogP contribution in [0.1, 0.15) is 51.2 Å². The molecular weight excluding hydrogens is 314 g/mol. The van der Waals surface area contributed by atoms with E-state index in [9.17, 15) is 9.59 Å². The number of hydrogen-bond donors (Lipinski definition) is 1. The van der Waals surface area contributed by atoms with Gasteiger partial charge in [0.1, 0.15) is 6.04 Å². The molecule has 1 aromatic rings. The lowest BCUT2D eigenvalue weighted by Gasteiger charge is -2.25. The summed E-state index contributed by atoms with van der Waals surface area (Å²) in [5.41, 5.74) is 0.870. The Bertz CT molecular complexity index is 528. The summed E-state index contributed by atoms with van der Waals surface area (Å²) in [5, 5.41) is 5.79. The van der Waals surface area contributed by atoms with Crippen molar-refractivity contribution in [2.75, 3.05) is 13.7 Å². The summed E-state index contributed by atoms with van der Waals surface area (Å²) in [6.45, 7) is 10.8. The third kappa shape index (κ3) is 5.49. The van der Waals surface area contributed by atoms with Crippen LogP contribution in [0.15, 0.2) is 5.38 Å². The zero-order chi connectivity index (χ0) is 17.6. The van der Waals surface area contributed by atoms with Gasteiger partial charge < -0.3 is 15.0 Å². The summed E-state index contributed by atoms with van der Waals surface area (Å²) in [6.07, 6.45) is 0. The Morgan fingerprint density at radius 1 is 1.35 bits per heavy atom. The summed E-state index contributed by atoms with van der Waals surface area (Å²) in [7, 11) is 1.32. The van der Waals surface area contributed by atoms with Gasteiger partial charge in [-0.15, -0.1) is 11.3 Å². The Balaban J connectivity index is 2.75. The summed E-state index contributed by atoms with van der Waals surface area (Å²) in [5.74, 6) is -0.0978. The molecule has 1 aromatic heterocycles. The second-order valence-corrected chi connectivity index (χ2v) is 6.93. The molecule has 0 spiro atoms. The van der Waals surface area contributed by atoms with Crippen LogP contribution >= 0.6 is 11.3 Å². The van der Waals surface area contributed by atoms with E-state index in [-0.39, 0.29) is 11.9 Å². The van der Waals surface area contributed by atoms with E-state index in [1.807, 2.05) is 26.2 Å². The first-order chi connectivity index (χ1) is 10.8. The predicted octanol–water partition coefficient (Wildman–Crippen LogP) is 3.00. The average molecular weight is 341 g/mol. The zero-order valence-electron chi connectivity index (χ0n) is 14.8. The number of rotatable bonds is 7. The highest BCUT2D eigenvalue weighted by atomic mass is 32.1. The molecule has 1 atom stereocenters. The fraction of sp³-hybridized carbons (Fsp3) is 0.688. The minimum Gasteiger partial charge on any atom is -0.467 e. The van der Waals surface area contributed by atoms with Gasteiger partial charge in [-0.3, -0.25) is 0 Å². The van der Waals surface area contributed by atoms with Crippen molar-refractivity contribution in [2.45, 2.75) is 53.1 Å². The maximum Gasteiger partial charge on any atom is 0.328 e. The minimum atomic E-state index is -0.650. The highest BCUT2D eigenvalue weighted by molar-refractivity contribution is 7.09. The van der Waals surface area contributed by atoms with Crippen molar-refractivity contribution in [3.8, 4) is 0 Å². The number of carbonyl (C=O) groups is 2. The molecule has 0 saturated heterocycles. The fourth-order valence-electron chi connectivity index (χ4n) is 2.03. The van der Waals surface area contributed by atoms with Crippen molar-refractivity contribution in [3.05, 3.63) is 16.1 Å². The molecule has 0 aliphatic rings. The van der Waals surface area contributed by atoms with Crippen LogP contribution in [-0.2, 0) is 16.1 Å². The number of carbonyl (C=O) groups excluding carboxylic acids is 2.